The molecule has 5 rings (SSSR count). The Labute approximate surface area is 187 Å². The van der Waals surface area contributed by atoms with Gasteiger partial charge in [0.1, 0.15) is 11.4 Å². The molecule has 1 aliphatic heterocycles. The standard InChI is InChI=1S/C25H28N4O3/c1-15-5-9-20(22(12-15)32-2)23-19-10-8-17(16-6-7-16)13-21(19)24(28-27-23)26-18-4-3-11-29(14-18)25(30)31/h5,8-10,12-13,16,18H,3-4,6-7,11,14H2,1-2H3,(H,26,28)(H,30,31)/t18-/m1/s1. The molecule has 7 nitrogen and oxygen atoms in total. The van der Waals surface area contributed by atoms with Crippen molar-refractivity contribution in [2.45, 2.75) is 44.6 Å². The summed E-state index contributed by atoms with van der Waals surface area (Å²) in [6.45, 7) is 3.07. The molecular formula is C25H28N4O3. The highest BCUT2D eigenvalue weighted by atomic mass is 16.5. The van der Waals surface area contributed by atoms with Crippen molar-refractivity contribution in [3.63, 3.8) is 0 Å². The first-order valence-electron chi connectivity index (χ1n) is 11.2. The number of hydrogen-bond donors (Lipinski definition) is 2. The van der Waals surface area contributed by atoms with E-state index >= 15 is 0 Å². The molecule has 1 aromatic heterocycles. The summed E-state index contributed by atoms with van der Waals surface area (Å²) in [5, 5.41) is 24.1. The van der Waals surface area contributed by atoms with Gasteiger partial charge >= 0.3 is 6.09 Å². The number of anilines is 1. The molecule has 32 heavy (non-hydrogen) atoms. The lowest BCUT2D eigenvalue weighted by Crippen LogP contribution is -2.44. The van der Waals surface area contributed by atoms with Crippen LogP contribution in [-0.4, -0.2) is 52.5 Å². The van der Waals surface area contributed by atoms with E-state index in [0.717, 1.165) is 52.0 Å². The zero-order valence-corrected chi connectivity index (χ0v) is 18.5. The molecule has 1 saturated carbocycles. The van der Waals surface area contributed by atoms with Crippen molar-refractivity contribution >= 4 is 22.7 Å². The maximum atomic E-state index is 11.4. The molecule has 2 aromatic carbocycles. The van der Waals surface area contributed by atoms with Crippen LogP contribution in [0.15, 0.2) is 36.4 Å². The summed E-state index contributed by atoms with van der Waals surface area (Å²) >= 11 is 0. The Balaban J connectivity index is 1.58. The topological polar surface area (TPSA) is 87.6 Å². The Kier molecular flexibility index (Phi) is 5.33. The number of benzene rings is 2. The Hall–Kier alpha value is -3.35. The number of methoxy groups -OCH3 is 1. The van der Waals surface area contributed by atoms with Gasteiger partial charge in [-0.05, 0) is 67.9 Å². The minimum absolute atomic E-state index is 0.0155. The molecule has 2 heterocycles. The predicted octanol–water partition coefficient (Wildman–Crippen LogP) is 5.05. The van der Waals surface area contributed by atoms with E-state index in [2.05, 4.69) is 39.8 Å². The summed E-state index contributed by atoms with van der Waals surface area (Å²) in [6.07, 6.45) is 3.32. The van der Waals surface area contributed by atoms with Gasteiger partial charge in [0.05, 0.1) is 7.11 Å². The van der Waals surface area contributed by atoms with Gasteiger partial charge in [0.2, 0.25) is 0 Å². The lowest BCUT2D eigenvalue weighted by atomic mass is 9.99. The number of nitrogens with zero attached hydrogens (tertiary/aromatic N) is 3. The molecule has 166 valence electrons. The maximum absolute atomic E-state index is 11.4. The van der Waals surface area contributed by atoms with Gasteiger partial charge in [-0.2, -0.15) is 0 Å². The van der Waals surface area contributed by atoms with Gasteiger partial charge in [0.25, 0.3) is 0 Å². The highest BCUT2D eigenvalue weighted by Crippen LogP contribution is 2.43. The van der Waals surface area contributed by atoms with Crippen molar-refractivity contribution < 1.29 is 14.6 Å². The number of ether oxygens (including phenoxy) is 1. The van der Waals surface area contributed by atoms with E-state index < -0.39 is 6.09 Å². The van der Waals surface area contributed by atoms with Crippen LogP contribution in [0.3, 0.4) is 0 Å². The van der Waals surface area contributed by atoms with Gasteiger partial charge in [0, 0.05) is 35.5 Å². The molecule has 2 aliphatic rings. The van der Waals surface area contributed by atoms with Crippen molar-refractivity contribution in [3.05, 3.63) is 47.5 Å². The number of carboxylic acid groups (broad SMARTS) is 1. The second-order valence-electron chi connectivity index (χ2n) is 8.89. The zero-order valence-electron chi connectivity index (χ0n) is 18.5. The van der Waals surface area contributed by atoms with E-state index in [1.807, 2.05) is 19.1 Å². The van der Waals surface area contributed by atoms with E-state index in [9.17, 15) is 9.90 Å². The number of amides is 1. The Bertz CT molecular complexity index is 1180. The van der Waals surface area contributed by atoms with Gasteiger partial charge in [-0.15, -0.1) is 10.2 Å². The number of nitrogens with one attached hydrogen (secondary N) is 1. The third-order valence-electron chi connectivity index (χ3n) is 6.50. The number of aryl methyl sites for hydroxylation is 1. The molecule has 2 fully saturated rings. The van der Waals surface area contributed by atoms with Crippen LogP contribution in [0, 0.1) is 6.92 Å². The van der Waals surface area contributed by atoms with Crippen LogP contribution in [0.1, 0.15) is 42.7 Å². The van der Waals surface area contributed by atoms with Crippen LogP contribution in [0.4, 0.5) is 10.6 Å². The largest absolute Gasteiger partial charge is 0.496 e. The van der Waals surface area contributed by atoms with E-state index in [0.29, 0.717) is 19.0 Å². The lowest BCUT2D eigenvalue weighted by molar-refractivity contribution is 0.133. The number of aromatic nitrogens is 2. The van der Waals surface area contributed by atoms with Crippen molar-refractivity contribution in [3.8, 4) is 17.0 Å². The van der Waals surface area contributed by atoms with Crippen molar-refractivity contribution in [2.24, 2.45) is 0 Å². The van der Waals surface area contributed by atoms with E-state index in [-0.39, 0.29) is 6.04 Å². The first kappa shape index (κ1) is 20.5. The Morgan fingerprint density at radius 2 is 1.97 bits per heavy atom. The predicted molar refractivity (Wildman–Crippen MR) is 124 cm³/mol. The fourth-order valence-electron chi connectivity index (χ4n) is 4.60. The number of likely N-dealkylation sites (tertiary alicyclic amines) is 1. The van der Waals surface area contributed by atoms with E-state index in [4.69, 9.17) is 4.74 Å². The molecule has 3 aromatic rings. The molecule has 7 heteroatoms. The Morgan fingerprint density at radius 1 is 1.12 bits per heavy atom. The summed E-state index contributed by atoms with van der Waals surface area (Å²) in [7, 11) is 1.67. The molecular weight excluding hydrogens is 404 g/mol. The second-order valence-corrected chi connectivity index (χ2v) is 8.89. The number of fused-ring (bicyclic) bond motifs is 1. The third-order valence-corrected chi connectivity index (χ3v) is 6.50. The van der Waals surface area contributed by atoms with Crippen LogP contribution in [0.25, 0.3) is 22.0 Å². The first-order valence-corrected chi connectivity index (χ1v) is 11.2. The minimum atomic E-state index is -0.870. The smallest absolute Gasteiger partial charge is 0.407 e. The summed E-state index contributed by atoms with van der Waals surface area (Å²) in [5.74, 6) is 2.11. The summed E-state index contributed by atoms with van der Waals surface area (Å²) in [4.78, 5) is 12.9. The second kappa shape index (κ2) is 8.30. The average molecular weight is 433 g/mol. The van der Waals surface area contributed by atoms with Crippen LogP contribution in [0.2, 0.25) is 0 Å². The molecule has 2 N–H and O–H groups in total. The first-order chi connectivity index (χ1) is 15.5. The zero-order chi connectivity index (χ0) is 22.2. The minimum Gasteiger partial charge on any atom is -0.496 e. The average Bonchev–Trinajstić information content (AvgIpc) is 3.65. The number of hydrogen-bond acceptors (Lipinski definition) is 5. The summed E-state index contributed by atoms with van der Waals surface area (Å²) < 4.78 is 5.64. The summed E-state index contributed by atoms with van der Waals surface area (Å²) in [5.41, 5.74) is 4.15. The van der Waals surface area contributed by atoms with E-state index in [1.54, 1.807) is 7.11 Å². The maximum Gasteiger partial charge on any atom is 0.407 e. The molecule has 1 saturated heterocycles. The molecule has 0 radical (unpaired) electrons. The van der Waals surface area contributed by atoms with Crippen LogP contribution in [-0.2, 0) is 0 Å². The normalized spacial score (nSPS) is 18.6. The van der Waals surface area contributed by atoms with Gasteiger partial charge in [-0.1, -0.05) is 18.2 Å². The lowest BCUT2D eigenvalue weighted by Gasteiger charge is -2.31. The van der Waals surface area contributed by atoms with Crippen molar-refractivity contribution in [1.29, 1.82) is 0 Å². The van der Waals surface area contributed by atoms with Crippen molar-refractivity contribution in [1.82, 2.24) is 15.1 Å². The number of rotatable bonds is 5. The molecule has 1 atom stereocenters. The van der Waals surface area contributed by atoms with Gasteiger partial charge in [0.15, 0.2) is 5.82 Å². The molecule has 0 spiro atoms. The van der Waals surface area contributed by atoms with E-state index in [1.165, 1.54) is 23.3 Å². The van der Waals surface area contributed by atoms with Crippen LogP contribution in [0.5, 0.6) is 5.75 Å². The number of carbonyl (C=O) groups is 1. The van der Waals surface area contributed by atoms with Crippen LogP contribution >= 0.6 is 0 Å². The van der Waals surface area contributed by atoms with Gasteiger partial charge < -0.3 is 20.1 Å². The van der Waals surface area contributed by atoms with Gasteiger partial charge in [-0.25, -0.2) is 4.79 Å². The fraction of sp³-hybridized carbons (Fsp3) is 0.400. The third kappa shape index (κ3) is 3.95. The molecule has 0 bridgehead atoms. The number of piperidine rings is 1. The SMILES string of the molecule is COc1cc(C)ccc1-c1nnc(N[C@@H]2CCCN(C(=O)O)C2)c2cc(C3CC3)ccc12. The van der Waals surface area contributed by atoms with Crippen LogP contribution < -0.4 is 10.1 Å². The van der Waals surface area contributed by atoms with Gasteiger partial charge in [-0.3, -0.25) is 0 Å². The monoisotopic (exact) mass is 432 g/mol. The molecule has 0 unspecified atom stereocenters. The quantitative estimate of drug-likeness (QED) is 0.587. The molecule has 1 aliphatic carbocycles. The highest BCUT2D eigenvalue weighted by Gasteiger charge is 2.27. The summed E-state index contributed by atoms with van der Waals surface area (Å²) in [6, 6.07) is 12.7. The molecule has 1 amide bonds. The highest BCUT2D eigenvalue weighted by molar-refractivity contribution is 6.01. The van der Waals surface area contributed by atoms with Crippen molar-refractivity contribution in [2.75, 3.05) is 25.5 Å². The Morgan fingerprint density at radius 3 is 2.72 bits per heavy atom. The fourth-order valence-corrected chi connectivity index (χ4v) is 4.60.